The Labute approximate surface area is 68.5 Å². The average molecular weight is 149 g/mol. The van der Waals surface area contributed by atoms with Crippen LogP contribution >= 0.6 is 0 Å². The van der Waals surface area contributed by atoms with Crippen molar-refractivity contribution in [2.45, 2.75) is 20.3 Å². The fourth-order valence-electron chi connectivity index (χ4n) is 0.969. The number of allylic oxidation sites excluding steroid dienone is 3. The molecule has 11 heavy (non-hydrogen) atoms. The van der Waals surface area contributed by atoms with Crippen molar-refractivity contribution in [2.75, 3.05) is 0 Å². The molecule has 60 valence electrons. The smallest absolute Gasteiger partial charge is 0.0303 e. The molecule has 0 aromatic heterocycles. The van der Waals surface area contributed by atoms with E-state index in [0.717, 1.165) is 12.1 Å². The lowest BCUT2D eigenvalue weighted by molar-refractivity contribution is 0.530. The summed E-state index contributed by atoms with van der Waals surface area (Å²) in [4.78, 5) is 0. The molecule has 1 nitrogen and oxygen atoms in total. The summed E-state index contributed by atoms with van der Waals surface area (Å²) in [6.45, 7) is 8.22. The van der Waals surface area contributed by atoms with Gasteiger partial charge >= 0.3 is 0 Å². The predicted octanol–water partition coefficient (Wildman–Crippen LogP) is 2.59. The molecule has 0 saturated carbocycles. The van der Waals surface area contributed by atoms with Crippen molar-refractivity contribution in [3.05, 3.63) is 36.7 Å². The highest BCUT2D eigenvalue weighted by atomic mass is 14.8. The Balaban J connectivity index is 2.84. The second kappa shape index (κ2) is 2.95. The van der Waals surface area contributed by atoms with Gasteiger partial charge < -0.3 is 5.32 Å². The van der Waals surface area contributed by atoms with Crippen LogP contribution in [-0.4, -0.2) is 0 Å². The van der Waals surface area contributed by atoms with Crippen LogP contribution in [0.4, 0.5) is 0 Å². The van der Waals surface area contributed by atoms with Crippen molar-refractivity contribution in [3.63, 3.8) is 0 Å². The maximum absolute atomic E-state index is 3.82. The second-order valence-electron chi connectivity index (χ2n) is 3.20. The number of nitrogens with one attached hydrogen (secondary N) is 1. The van der Waals surface area contributed by atoms with Crippen molar-refractivity contribution in [1.29, 1.82) is 0 Å². The first-order valence-corrected chi connectivity index (χ1v) is 3.99. The highest BCUT2D eigenvalue weighted by Crippen LogP contribution is 2.26. The standard InChI is InChI=1S/C10H15N/c1-4-10(3)6-5-9(2)11-8-7-10/h5-8,11H,2,4H2,1,3H3. The Kier molecular flexibility index (Phi) is 2.18. The molecule has 1 aliphatic rings. The lowest BCUT2D eigenvalue weighted by Crippen LogP contribution is -2.06. The zero-order chi connectivity index (χ0) is 8.32. The van der Waals surface area contributed by atoms with Gasteiger partial charge in [0, 0.05) is 11.1 Å². The highest BCUT2D eigenvalue weighted by Gasteiger charge is 2.14. The number of hydrogen-bond donors (Lipinski definition) is 1. The molecule has 0 aliphatic carbocycles. The molecule has 0 fully saturated rings. The third kappa shape index (κ3) is 1.97. The van der Waals surface area contributed by atoms with Crippen molar-refractivity contribution in [3.8, 4) is 0 Å². The van der Waals surface area contributed by atoms with Gasteiger partial charge in [0.05, 0.1) is 0 Å². The van der Waals surface area contributed by atoms with E-state index in [-0.39, 0.29) is 5.41 Å². The van der Waals surface area contributed by atoms with Crippen molar-refractivity contribution < 1.29 is 0 Å². The molecule has 1 heterocycles. The van der Waals surface area contributed by atoms with Gasteiger partial charge in [-0.2, -0.15) is 0 Å². The third-order valence-corrected chi connectivity index (χ3v) is 2.16. The van der Waals surface area contributed by atoms with E-state index in [1.807, 2.05) is 12.3 Å². The highest BCUT2D eigenvalue weighted by molar-refractivity contribution is 5.24. The first kappa shape index (κ1) is 8.12. The van der Waals surface area contributed by atoms with Crippen LogP contribution in [0.2, 0.25) is 0 Å². The van der Waals surface area contributed by atoms with Gasteiger partial charge in [0.15, 0.2) is 0 Å². The summed E-state index contributed by atoms with van der Waals surface area (Å²) < 4.78 is 0. The quantitative estimate of drug-likeness (QED) is 0.604. The van der Waals surface area contributed by atoms with Crippen LogP contribution in [0.3, 0.4) is 0 Å². The van der Waals surface area contributed by atoms with E-state index < -0.39 is 0 Å². The molecule has 1 N–H and O–H groups in total. The van der Waals surface area contributed by atoms with Gasteiger partial charge in [0.2, 0.25) is 0 Å². The van der Waals surface area contributed by atoms with Crippen molar-refractivity contribution in [1.82, 2.24) is 5.32 Å². The van der Waals surface area contributed by atoms with Crippen LogP contribution < -0.4 is 5.32 Å². The minimum atomic E-state index is 0.201. The summed E-state index contributed by atoms with van der Waals surface area (Å²) in [7, 11) is 0. The molecular formula is C10H15N. The minimum Gasteiger partial charge on any atom is -0.362 e. The summed E-state index contributed by atoms with van der Waals surface area (Å²) in [5, 5.41) is 3.07. The molecule has 1 heteroatoms. The van der Waals surface area contributed by atoms with Gasteiger partial charge in [0.1, 0.15) is 0 Å². The third-order valence-electron chi connectivity index (χ3n) is 2.16. The molecule has 0 saturated heterocycles. The molecule has 1 aliphatic heterocycles. The van der Waals surface area contributed by atoms with Crippen molar-refractivity contribution >= 4 is 0 Å². The molecule has 0 amide bonds. The van der Waals surface area contributed by atoms with Gasteiger partial charge in [-0.1, -0.05) is 32.6 Å². The predicted molar refractivity (Wildman–Crippen MR) is 49.0 cm³/mol. The van der Waals surface area contributed by atoms with Gasteiger partial charge in [0.25, 0.3) is 0 Å². The topological polar surface area (TPSA) is 12.0 Å². The Hall–Kier alpha value is -0.980. The number of rotatable bonds is 1. The Morgan fingerprint density at radius 1 is 1.55 bits per heavy atom. The average Bonchev–Trinajstić information content (AvgIpc) is 2.15. The fourth-order valence-corrected chi connectivity index (χ4v) is 0.969. The Morgan fingerprint density at radius 2 is 2.27 bits per heavy atom. The SMILES string of the molecule is C=C1C=CC(C)(CC)C=CN1. The van der Waals surface area contributed by atoms with E-state index in [2.05, 4.69) is 37.9 Å². The van der Waals surface area contributed by atoms with Crippen LogP contribution in [-0.2, 0) is 0 Å². The monoisotopic (exact) mass is 149 g/mol. The lowest BCUT2D eigenvalue weighted by atomic mass is 9.87. The fraction of sp³-hybridized carbons (Fsp3) is 0.400. The summed E-state index contributed by atoms with van der Waals surface area (Å²) in [6, 6.07) is 0. The maximum atomic E-state index is 3.82. The van der Waals surface area contributed by atoms with Crippen molar-refractivity contribution in [2.24, 2.45) is 5.41 Å². The van der Waals surface area contributed by atoms with Crippen LogP contribution in [0.15, 0.2) is 36.7 Å². The summed E-state index contributed by atoms with van der Waals surface area (Å²) >= 11 is 0. The van der Waals surface area contributed by atoms with E-state index in [1.165, 1.54) is 0 Å². The minimum absolute atomic E-state index is 0.201. The lowest BCUT2D eigenvalue weighted by Gasteiger charge is -2.17. The second-order valence-corrected chi connectivity index (χ2v) is 3.20. The number of hydrogen-bond acceptors (Lipinski definition) is 1. The first-order chi connectivity index (χ1) is 5.16. The zero-order valence-corrected chi connectivity index (χ0v) is 7.22. The summed E-state index contributed by atoms with van der Waals surface area (Å²) in [6.07, 6.45) is 9.47. The van der Waals surface area contributed by atoms with Crippen LogP contribution in [0.5, 0.6) is 0 Å². The maximum Gasteiger partial charge on any atom is 0.0303 e. The summed E-state index contributed by atoms with van der Waals surface area (Å²) in [5.41, 5.74) is 1.16. The largest absolute Gasteiger partial charge is 0.362 e. The van der Waals surface area contributed by atoms with Crippen LogP contribution in [0.1, 0.15) is 20.3 Å². The Morgan fingerprint density at radius 3 is 2.91 bits per heavy atom. The molecule has 0 spiro atoms. The molecule has 1 atom stereocenters. The van der Waals surface area contributed by atoms with Crippen LogP contribution in [0.25, 0.3) is 0 Å². The molecule has 0 radical (unpaired) electrons. The van der Waals surface area contributed by atoms with E-state index >= 15 is 0 Å². The molecule has 1 unspecified atom stereocenters. The first-order valence-electron chi connectivity index (χ1n) is 3.99. The van der Waals surface area contributed by atoms with Gasteiger partial charge in [-0.3, -0.25) is 0 Å². The van der Waals surface area contributed by atoms with Gasteiger partial charge in [-0.15, -0.1) is 0 Å². The van der Waals surface area contributed by atoms with E-state index in [1.54, 1.807) is 0 Å². The van der Waals surface area contributed by atoms with Gasteiger partial charge in [-0.25, -0.2) is 0 Å². The molecule has 0 bridgehead atoms. The van der Waals surface area contributed by atoms with E-state index in [9.17, 15) is 0 Å². The van der Waals surface area contributed by atoms with E-state index in [4.69, 9.17) is 0 Å². The zero-order valence-electron chi connectivity index (χ0n) is 7.22. The van der Waals surface area contributed by atoms with E-state index in [0.29, 0.717) is 0 Å². The Bertz CT molecular complexity index is 213. The normalized spacial score (nSPS) is 29.8. The molecule has 0 aromatic rings. The van der Waals surface area contributed by atoms with Gasteiger partial charge in [-0.05, 0) is 18.7 Å². The van der Waals surface area contributed by atoms with Crippen LogP contribution in [0, 0.1) is 5.41 Å². The molecule has 0 aromatic carbocycles. The molecule has 1 rings (SSSR count). The molecular weight excluding hydrogens is 134 g/mol. The summed E-state index contributed by atoms with van der Waals surface area (Å²) in [5.74, 6) is 0.